The van der Waals surface area contributed by atoms with Crippen molar-refractivity contribution in [3.63, 3.8) is 0 Å². The number of aromatic nitrogens is 1. The van der Waals surface area contributed by atoms with Crippen LogP contribution < -0.4 is 5.73 Å². The molecule has 0 radical (unpaired) electrons. The van der Waals surface area contributed by atoms with E-state index in [-0.39, 0.29) is 0 Å². The van der Waals surface area contributed by atoms with Crippen molar-refractivity contribution in [3.8, 4) is 10.4 Å². The number of nitrogens with one attached hydrogen (secondary N) is 1. The Morgan fingerprint density at radius 2 is 1.90 bits per heavy atom. The molecular formula is C17H12N2OS. The number of primary amides is 1. The van der Waals surface area contributed by atoms with Gasteiger partial charge in [-0.05, 0) is 41.3 Å². The molecule has 3 N–H and O–H groups in total. The highest BCUT2D eigenvalue weighted by Crippen LogP contribution is 2.35. The van der Waals surface area contributed by atoms with Crippen LogP contribution in [0.25, 0.3) is 31.4 Å². The molecule has 0 atom stereocenters. The number of hydrogen-bond acceptors (Lipinski definition) is 2. The van der Waals surface area contributed by atoms with Crippen molar-refractivity contribution in [1.29, 1.82) is 0 Å². The van der Waals surface area contributed by atoms with Crippen LogP contribution >= 0.6 is 11.3 Å². The zero-order chi connectivity index (χ0) is 14.4. The minimum absolute atomic E-state index is 0.412. The van der Waals surface area contributed by atoms with Crippen LogP contribution in [-0.2, 0) is 0 Å². The molecule has 1 amide bonds. The lowest BCUT2D eigenvalue weighted by molar-refractivity contribution is 0.100. The average Bonchev–Trinajstić information content (AvgIpc) is 3.11. The Labute approximate surface area is 125 Å². The van der Waals surface area contributed by atoms with Crippen LogP contribution in [0.5, 0.6) is 0 Å². The number of carbonyl (C=O) groups is 1. The van der Waals surface area contributed by atoms with Gasteiger partial charge in [0, 0.05) is 21.2 Å². The molecule has 0 bridgehead atoms. The normalized spacial score (nSPS) is 11.2. The molecule has 0 spiro atoms. The van der Waals surface area contributed by atoms with Crippen LogP contribution in [0, 0.1) is 0 Å². The smallest absolute Gasteiger partial charge is 0.250 e. The van der Waals surface area contributed by atoms with E-state index in [9.17, 15) is 4.79 Å². The summed E-state index contributed by atoms with van der Waals surface area (Å²) in [5.74, 6) is -0.412. The predicted octanol–water partition coefficient (Wildman–Crippen LogP) is 4.15. The van der Waals surface area contributed by atoms with Gasteiger partial charge in [-0.25, -0.2) is 0 Å². The first-order chi connectivity index (χ1) is 10.2. The van der Waals surface area contributed by atoms with E-state index in [1.54, 1.807) is 11.3 Å². The molecule has 102 valence electrons. The quantitative estimate of drug-likeness (QED) is 0.573. The molecule has 0 aliphatic heterocycles. The average molecular weight is 292 g/mol. The maximum atomic E-state index is 11.7. The largest absolute Gasteiger partial charge is 0.366 e. The lowest BCUT2D eigenvalue weighted by atomic mass is 10.0. The van der Waals surface area contributed by atoms with E-state index in [0.717, 1.165) is 21.3 Å². The molecule has 0 saturated heterocycles. The molecule has 0 fully saturated rings. The molecular weight excluding hydrogens is 280 g/mol. The summed E-state index contributed by atoms with van der Waals surface area (Å²) in [4.78, 5) is 15.9. The summed E-state index contributed by atoms with van der Waals surface area (Å²) >= 11 is 1.72. The number of hydrogen-bond donors (Lipinski definition) is 2. The molecule has 0 aliphatic rings. The first-order valence-electron chi connectivity index (χ1n) is 6.62. The fourth-order valence-corrected chi connectivity index (χ4v) is 3.68. The number of rotatable bonds is 2. The highest BCUT2D eigenvalue weighted by atomic mass is 32.1. The van der Waals surface area contributed by atoms with E-state index >= 15 is 0 Å². The Balaban J connectivity index is 1.99. The van der Waals surface area contributed by atoms with Gasteiger partial charge in [-0.3, -0.25) is 4.79 Å². The number of benzene rings is 2. The van der Waals surface area contributed by atoms with E-state index in [0.29, 0.717) is 5.56 Å². The SMILES string of the molecule is NC(=O)c1cc(-c2cc3ccccc3s2)cc2cc[nH]c12. The van der Waals surface area contributed by atoms with Crippen molar-refractivity contribution >= 4 is 38.2 Å². The number of aromatic amines is 1. The van der Waals surface area contributed by atoms with E-state index in [2.05, 4.69) is 29.2 Å². The zero-order valence-electron chi connectivity index (χ0n) is 11.1. The second-order valence-corrected chi connectivity index (χ2v) is 6.06. The molecule has 2 aromatic heterocycles. The van der Waals surface area contributed by atoms with Crippen LogP contribution in [0.15, 0.2) is 54.7 Å². The summed E-state index contributed by atoms with van der Waals surface area (Å²) in [6.45, 7) is 0. The van der Waals surface area contributed by atoms with Gasteiger partial charge in [0.2, 0.25) is 0 Å². The molecule has 0 saturated carbocycles. The van der Waals surface area contributed by atoms with Gasteiger partial charge in [0.05, 0.1) is 11.1 Å². The summed E-state index contributed by atoms with van der Waals surface area (Å²) in [6.07, 6.45) is 1.83. The van der Waals surface area contributed by atoms with Crippen LogP contribution in [0.1, 0.15) is 10.4 Å². The van der Waals surface area contributed by atoms with Gasteiger partial charge in [-0.15, -0.1) is 11.3 Å². The van der Waals surface area contributed by atoms with Gasteiger partial charge in [0.25, 0.3) is 5.91 Å². The lowest BCUT2D eigenvalue weighted by Gasteiger charge is -2.03. The molecule has 0 unspecified atom stereocenters. The molecule has 3 nitrogen and oxygen atoms in total. The van der Waals surface area contributed by atoms with E-state index < -0.39 is 5.91 Å². The molecule has 4 rings (SSSR count). The molecule has 21 heavy (non-hydrogen) atoms. The first-order valence-corrected chi connectivity index (χ1v) is 7.44. The number of nitrogens with two attached hydrogens (primary N) is 1. The summed E-state index contributed by atoms with van der Waals surface area (Å²) in [6, 6.07) is 16.3. The predicted molar refractivity (Wildman–Crippen MR) is 87.6 cm³/mol. The number of amides is 1. The third kappa shape index (κ3) is 1.92. The molecule has 2 heterocycles. The minimum Gasteiger partial charge on any atom is -0.366 e. The Bertz CT molecular complexity index is 948. The number of carbonyl (C=O) groups excluding carboxylic acids is 1. The number of fused-ring (bicyclic) bond motifs is 2. The summed E-state index contributed by atoms with van der Waals surface area (Å²) < 4.78 is 1.24. The van der Waals surface area contributed by atoms with Gasteiger partial charge < -0.3 is 10.7 Å². The van der Waals surface area contributed by atoms with Crippen molar-refractivity contribution in [2.45, 2.75) is 0 Å². The third-order valence-electron chi connectivity index (χ3n) is 3.63. The van der Waals surface area contributed by atoms with Gasteiger partial charge in [0.15, 0.2) is 0 Å². The van der Waals surface area contributed by atoms with Crippen LogP contribution in [-0.4, -0.2) is 10.9 Å². The van der Waals surface area contributed by atoms with Gasteiger partial charge in [0.1, 0.15) is 0 Å². The Hall–Kier alpha value is -2.59. The van der Waals surface area contributed by atoms with Crippen molar-refractivity contribution in [2.24, 2.45) is 5.73 Å². The standard InChI is InChI=1S/C17H12N2OS/c18-17(20)13-8-12(7-11-5-6-19-16(11)13)15-9-10-3-1-2-4-14(10)21-15/h1-9,19H,(H2,18,20). The Morgan fingerprint density at radius 3 is 2.71 bits per heavy atom. The Morgan fingerprint density at radius 1 is 1.05 bits per heavy atom. The number of thiophene rings is 1. The zero-order valence-corrected chi connectivity index (χ0v) is 11.9. The van der Waals surface area contributed by atoms with Crippen LogP contribution in [0.3, 0.4) is 0 Å². The fourth-order valence-electron chi connectivity index (χ4n) is 2.63. The van der Waals surface area contributed by atoms with E-state index in [1.165, 1.54) is 10.1 Å². The molecule has 4 aromatic rings. The maximum Gasteiger partial charge on any atom is 0.250 e. The van der Waals surface area contributed by atoms with E-state index in [4.69, 9.17) is 5.73 Å². The first kappa shape index (κ1) is 12.2. The lowest BCUT2D eigenvalue weighted by Crippen LogP contribution is -2.11. The van der Waals surface area contributed by atoms with Crippen molar-refractivity contribution in [1.82, 2.24) is 4.98 Å². The minimum atomic E-state index is -0.412. The van der Waals surface area contributed by atoms with Crippen molar-refractivity contribution in [3.05, 3.63) is 60.3 Å². The van der Waals surface area contributed by atoms with E-state index in [1.807, 2.05) is 30.5 Å². The summed E-state index contributed by atoms with van der Waals surface area (Å²) in [7, 11) is 0. The third-order valence-corrected chi connectivity index (χ3v) is 4.80. The summed E-state index contributed by atoms with van der Waals surface area (Å²) in [5, 5.41) is 2.21. The monoisotopic (exact) mass is 292 g/mol. The molecule has 2 aromatic carbocycles. The van der Waals surface area contributed by atoms with Crippen LogP contribution in [0.4, 0.5) is 0 Å². The highest BCUT2D eigenvalue weighted by Gasteiger charge is 2.12. The molecule has 0 aliphatic carbocycles. The second-order valence-electron chi connectivity index (χ2n) is 4.98. The fraction of sp³-hybridized carbons (Fsp3) is 0. The topological polar surface area (TPSA) is 58.9 Å². The molecule has 4 heteroatoms. The van der Waals surface area contributed by atoms with Crippen molar-refractivity contribution in [2.75, 3.05) is 0 Å². The highest BCUT2D eigenvalue weighted by molar-refractivity contribution is 7.22. The van der Waals surface area contributed by atoms with Gasteiger partial charge in [-0.1, -0.05) is 18.2 Å². The summed E-state index contributed by atoms with van der Waals surface area (Å²) in [5.41, 5.74) is 7.86. The van der Waals surface area contributed by atoms with Gasteiger partial charge >= 0.3 is 0 Å². The van der Waals surface area contributed by atoms with Crippen LogP contribution in [0.2, 0.25) is 0 Å². The Kier molecular flexibility index (Phi) is 2.59. The number of H-pyrrole nitrogens is 1. The van der Waals surface area contributed by atoms with Gasteiger partial charge in [-0.2, -0.15) is 0 Å². The maximum absolute atomic E-state index is 11.7. The second kappa shape index (κ2) is 4.46. The van der Waals surface area contributed by atoms with Crippen molar-refractivity contribution < 1.29 is 4.79 Å².